The van der Waals surface area contributed by atoms with Gasteiger partial charge in [0.05, 0.1) is 24.3 Å². The number of furan rings is 1. The zero-order valence-corrected chi connectivity index (χ0v) is 18.6. The number of ether oxygens (including phenoxy) is 1. The van der Waals surface area contributed by atoms with Gasteiger partial charge in [0.25, 0.3) is 0 Å². The number of anilines is 1. The molecule has 1 saturated heterocycles. The van der Waals surface area contributed by atoms with Crippen LogP contribution in [0, 0.1) is 5.82 Å². The van der Waals surface area contributed by atoms with Crippen LogP contribution in [-0.2, 0) is 10.0 Å². The van der Waals surface area contributed by atoms with Crippen LogP contribution in [0.4, 0.5) is 10.1 Å². The minimum Gasteiger partial charge on any atom is -0.497 e. The number of piperazine rings is 1. The van der Waals surface area contributed by atoms with E-state index in [1.807, 2.05) is 6.07 Å². The van der Waals surface area contributed by atoms with Crippen molar-refractivity contribution in [1.82, 2.24) is 9.62 Å². The summed E-state index contributed by atoms with van der Waals surface area (Å²) in [5, 5.41) is 0. The van der Waals surface area contributed by atoms with E-state index in [9.17, 15) is 12.8 Å². The summed E-state index contributed by atoms with van der Waals surface area (Å²) in [6.45, 7) is 3.10. The van der Waals surface area contributed by atoms with Gasteiger partial charge in [-0.05, 0) is 60.7 Å². The molecule has 1 atom stereocenters. The number of nitrogens with zero attached hydrogens (tertiary/aromatic N) is 2. The largest absolute Gasteiger partial charge is 0.497 e. The van der Waals surface area contributed by atoms with Gasteiger partial charge in [0.1, 0.15) is 17.3 Å². The fourth-order valence-corrected chi connectivity index (χ4v) is 4.90. The van der Waals surface area contributed by atoms with Crippen molar-refractivity contribution in [3.05, 3.63) is 78.5 Å². The summed E-state index contributed by atoms with van der Waals surface area (Å²) in [7, 11) is -2.15. The van der Waals surface area contributed by atoms with Crippen LogP contribution in [0.3, 0.4) is 0 Å². The molecule has 2 aromatic carbocycles. The molecule has 0 radical (unpaired) electrons. The Bertz CT molecular complexity index is 1100. The van der Waals surface area contributed by atoms with E-state index in [2.05, 4.69) is 14.5 Å². The number of methoxy groups -OCH3 is 1. The molecule has 7 nitrogen and oxygen atoms in total. The van der Waals surface area contributed by atoms with Crippen LogP contribution in [0.5, 0.6) is 5.75 Å². The molecule has 1 aliphatic rings. The molecule has 32 heavy (non-hydrogen) atoms. The molecule has 1 fully saturated rings. The zero-order chi connectivity index (χ0) is 22.6. The van der Waals surface area contributed by atoms with Gasteiger partial charge in [-0.15, -0.1) is 0 Å². The number of hydrogen-bond acceptors (Lipinski definition) is 6. The van der Waals surface area contributed by atoms with Crippen molar-refractivity contribution in [2.24, 2.45) is 0 Å². The third kappa shape index (κ3) is 5.12. The lowest BCUT2D eigenvalue weighted by molar-refractivity contribution is 0.166. The highest BCUT2D eigenvalue weighted by molar-refractivity contribution is 7.89. The van der Waals surface area contributed by atoms with E-state index in [1.54, 1.807) is 36.6 Å². The van der Waals surface area contributed by atoms with Crippen molar-refractivity contribution < 1.29 is 22.0 Å². The van der Waals surface area contributed by atoms with Crippen molar-refractivity contribution in [3.8, 4) is 5.75 Å². The molecule has 1 aliphatic heterocycles. The number of benzene rings is 2. The molecular formula is C23H26FN3O4S. The molecule has 170 valence electrons. The van der Waals surface area contributed by atoms with E-state index in [0.717, 1.165) is 18.8 Å². The first-order valence-electron chi connectivity index (χ1n) is 10.4. The highest BCUT2D eigenvalue weighted by Gasteiger charge is 2.28. The number of rotatable bonds is 8. The monoisotopic (exact) mass is 459 g/mol. The van der Waals surface area contributed by atoms with Crippen LogP contribution in [0.1, 0.15) is 11.8 Å². The zero-order valence-electron chi connectivity index (χ0n) is 17.8. The van der Waals surface area contributed by atoms with Crippen molar-refractivity contribution in [1.29, 1.82) is 0 Å². The fourth-order valence-electron chi connectivity index (χ4n) is 3.86. The third-order valence-electron chi connectivity index (χ3n) is 5.65. The average molecular weight is 460 g/mol. The summed E-state index contributed by atoms with van der Waals surface area (Å²) >= 11 is 0. The molecule has 0 amide bonds. The lowest BCUT2D eigenvalue weighted by atomic mass is 10.1. The minimum atomic E-state index is -3.69. The lowest BCUT2D eigenvalue weighted by Crippen LogP contribution is -2.49. The van der Waals surface area contributed by atoms with Gasteiger partial charge < -0.3 is 14.1 Å². The normalized spacial score (nSPS) is 16.1. The Balaban J connectivity index is 1.43. The van der Waals surface area contributed by atoms with Crippen LogP contribution in [0.15, 0.2) is 76.2 Å². The second kappa shape index (κ2) is 9.72. The molecule has 1 aromatic heterocycles. The highest BCUT2D eigenvalue weighted by Crippen LogP contribution is 2.25. The number of sulfonamides is 1. The van der Waals surface area contributed by atoms with Gasteiger partial charge in [0.15, 0.2) is 0 Å². The predicted molar refractivity (Wildman–Crippen MR) is 120 cm³/mol. The van der Waals surface area contributed by atoms with Crippen LogP contribution in [0.2, 0.25) is 0 Å². The first-order chi connectivity index (χ1) is 15.5. The molecular weight excluding hydrogens is 433 g/mol. The van der Waals surface area contributed by atoms with E-state index in [0.29, 0.717) is 24.6 Å². The maximum Gasteiger partial charge on any atom is 0.240 e. The number of halogens is 1. The number of hydrogen-bond donors (Lipinski definition) is 1. The molecule has 0 aliphatic carbocycles. The van der Waals surface area contributed by atoms with Crippen molar-refractivity contribution in [2.75, 3.05) is 44.7 Å². The molecule has 0 saturated carbocycles. The average Bonchev–Trinajstić information content (AvgIpc) is 3.35. The summed E-state index contributed by atoms with van der Waals surface area (Å²) in [4.78, 5) is 4.57. The van der Waals surface area contributed by atoms with Crippen LogP contribution in [-0.4, -0.2) is 53.2 Å². The summed E-state index contributed by atoms with van der Waals surface area (Å²) < 4.78 is 52.3. The van der Waals surface area contributed by atoms with Crippen molar-refractivity contribution in [2.45, 2.75) is 10.9 Å². The smallest absolute Gasteiger partial charge is 0.240 e. The van der Waals surface area contributed by atoms with E-state index < -0.39 is 10.0 Å². The predicted octanol–water partition coefficient (Wildman–Crippen LogP) is 3.27. The van der Waals surface area contributed by atoms with Gasteiger partial charge >= 0.3 is 0 Å². The molecule has 1 unspecified atom stereocenters. The Morgan fingerprint density at radius 2 is 1.72 bits per heavy atom. The Morgan fingerprint density at radius 1 is 1.03 bits per heavy atom. The fraction of sp³-hybridized carbons (Fsp3) is 0.304. The molecule has 1 N–H and O–H groups in total. The standard InChI is InChI=1S/C23H26FN3O4S/c1-30-20-8-10-21(11-9-20)32(28,29)25-17-22(23-3-2-16-31-23)27-14-12-26(13-15-27)19-6-4-18(24)5-7-19/h2-11,16,22,25H,12-15,17H2,1H3. The maximum absolute atomic E-state index is 13.2. The Hall–Kier alpha value is -2.88. The molecule has 2 heterocycles. The Labute approximate surface area is 187 Å². The van der Waals surface area contributed by atoms with Gasteiger partial charge in [0.2, 0.25) is 10.0 Å². The maximum atomic E-state index is 13.2. The van der Waals surface area contributed by atoms with Crippen molar-refractivity contribution >= 4 is 15.7 Å². The third-order valence-corrected chi connectivity index (χ3v) is 7.09. The lowest BCUT2D eigenvalue weighted by Gasteiger charge is -2.39. The van der Waals surface area contributed by atoms with Crippen molar-refractivity contribution in [3.63, 3.8) is 0 Å². The summed E-state index contributed by atoms with van der Waals surface area (Å²) in [6, 6.07) is 16.2. The molecule has 0 spiro atoms. The minimum absolute atomic E-state index is 0.178. The first kappa shape index (κ1) is 22.3. The first-order valence-corrected chi connectivity index (χ1v) is 11.9. The molecule has 4 rings (SSSR count). The Kier molecular flexibility index (Phi) is 6.78. The van der Waals surface area contributed by atoms with Crippen LogP contribution in [0.25, 0.3) is 0 Å². The van der Waals surface area contributed by atoms with Gasteiger partial charge in [-0.2, -0.15) is 0 Å². The molecule has 9 heteroatoms. The second-order valence-electron chi connectivity index (χ2n) is 7.56. The topological polar surface area (TPSA) is 75.0 Å². The Morgan fingerprint density at radius 3 is 2.31 bits per heavy atom. The second-order valence-corrected chi connectivity index (χ2v) is 9.33. The summed E-state index contributed by atoms with van der Waals surface area (Å²) in [5.74, 6) is 1.04. The van der Waals surface area contributed by atoms with E-state index in [4.69, 9.17) is 9.15 Å². The van der Waals surface area contributed by atoms with Crippen LogP contribution >= 0.6 is 0 Å². The van der Waals surface area contributed by atoms with Gasteiger partial charge in [-0.3, -0.25) is 4.90 Å². The van der Waals surface area contributed by atoms with E-state index in [1.165, 1.54) is 31.4 Å². The molecule has 3 aromatic rings. The van der Waals surface area contributed by atoms with Gasteiger partial charge in [0, 0.05) is 38.4 Å². The van der Waals surface area contributed by atoms with Gasteiger partial charge in [-0.1, -0.05) is 0 Å². The molecule has 0 bridgehead atoms. The van der Waals surface area contributed by atoms with Crippen LogP contribution < -0.4 is 14.4 Å². The summed E-state index contributed by atoms with van der Waals surface area (Å²) in [5.41, 5.74) is 0.973. The SMILES string of the molecule is COc1ccc(S(=O)(=O)NCC(c2ccco2)N2CCN(c3ccc(F)cc3)CC2)cc1. The quantitative estimate of drug-likeness (QED) is 0.557. The van der Waals surface area contributed by atoms with Gasteiger partial charge in [-0.25, -0.2) is 17.5 Å². The van der Waals surface area contributed by atoms with E-state index >= 15 is 0 Å². The highest BCUT2D eigenvalue weighted by atomic mass is 32.2. The van der Waals surface area contributed by atoms with E-state index in [-0.39, 0.29) is 23.3 Å². The summed E-state index contributed by atoms with van der Waals surface area (Å²) in [6.07, 6.45) is 1.59. The number of nitrogens with one attached hydrogen (secondary N) is 1.